The van der Waals surface area contributed by atoms with Gasteiger partial charge in [-0.05, 0) is 62.3 Å². The molecule has 2 amide bonds. The number of carbonyl (C=O) groups is 2. The molecule has 1 aromatic rings. The second-order valence-electron chi connectivity index (χ2n) is 6.73. The molecule has 3 rings (SSSR count). The van der Waals surface area contributed by atoms with Gasteiger partial charge in [0.05, 0.1) is 5.92 Å². The maximum absolute atomic E-state index is 12.0. The quantitative estimate of drug-likeness (QED) is 0.743. The summed E-state index contributed by atoms with van der Waals surface area (Å²) in [5.74, 6) is 0.101. The summed E-state index contributed by atoms with van der Waals surface area (Å²) in [6, 6.07) is 8.53. The molecule has 124 valence electrons. The first-order valence-electron chi connectivity index (χ1n) is 8.56. The number of hydrogen-bond acceptors (Lipinski definition) is 4. The Morgan fingerprint density at radius 1 is 1.13 bits per heavy atom. The highest BCUT2D eigenvalue weighted by molar-refractivity contribution is 6.01. The molecule has 5 heteroatoms. The van der Waals surface area contributed by atoms with E-state index in [-0.39, 0.29) is 17.7 Å². The van der Waals surface area contributed by atoms with E-state index in [1.54, 1.807) is 0 Å². The molecule has 2 fully saturated rings. The van der Waals surface area contributed by atoms with Gasteiger partial charge in [0.15, 0.2) is 0 Å². The van der Waals surface area contributed by atoms with Crippen LogP contribution in [-0.4, -0.2) is 24.4 Å². The van der Waals surface area contributed by atoms with Crippen LogP contribution in [0.5, 0.6) is 0 Å². The molecular formula is C18H25N3O2. The monoisotopic (exact) mass is 315 g/mol. The van der Waals surface area contributed by atoms with Crippen LogP contribution in [0.25, 0.3) is 0 Å². The Morgan fingerprint density at radius 2 is 1.91 bits per heavy atom. The van der Waals surface area contributed by atoms with Crippen molar-refractivity contribution in [3.8, 4) is 0 Å². The molecule has 0 bridgehead atoms. The van der Waals surface area contributed by atoms with E-state index < -0.39 is 0 Å². The van der Waals surface area contributed by atoms with Crippen molar-refractivity contribution in [3.63, 3.8) is 0 Å². The van der Waals surface area contributed by atoms with Gasteiger partial charge in [0, 0.05) is 18.2 Å². The smallest absolute Gasteiger partial charge is 0.234 e. The van der Waals surface area contributed by atoms with Crippen LogP contribution in [0.2, 0.25) is 0 Å². The molecule has 4 N–H and O–H groups in total. The predicted molar refractivity (Wildman–Crippen MR) is 90.0 cm³/mol. The van der Waals surface area contributed by atoms with E-state index in [0.717, 1.165) is 30.6 Å². The van der Waals surface area contributed by atoms with Gasteiger partial charge in [-0.15, -0.1) is 0 Å². The van der Waals surface area contributed by atoms with Gasteiger partial charge in [-0.25, -0.2) is 0 Å². The Hall–Kier alpha value is -1.88. The standard InChI is InChI=1S/C18H25N3O2/c19-11-12-4-6-14(7-5-12)20-15-3-1-2-13(10-15)16-8-9-17(22)21-18(16)23/h1-3,10,12,14,16,20H,4-9,11,19H2,(H,21,22,23). The first kappa shape index (κ1) is 16.0. The van der Waals surface area contributed by atoms with Gasteiger partial charge in [-0.1, -0.05) is 12.1 Å². The SMILES string of the molecule is NCC1CCC(Nc2cccc(C3CCC(=O)NC3=O)c2)CC1. The average molecular weight is 315 g/mol. The molecule has 1 aromatic carbocycles. The lowest BCUT2D eigenvalue weighted by molar-refractivity contribution is -0.134. The molecule has 0 aromatic heterocycles. The van der Waals surface area contributed by atoms with Crippen LogP contribution in [0.3, 0.4) is 0 Å². The fourth-order valence-corrected chi connectivity index (χ4v) is 3.63. The molecule has 2 aliphatic rings. The van der Waals surface area contributed by atoms with Crippen LogP contribution < -0.4 is 16.4 Å². The Bertz CT molecular complexity index is 579. The van der Waals surface area contributed by atoms with Crippen molar-refractivity contribution in [3.05, 3.63) is 29.8 Å². The third kappa shape index (κ3) is 3.91. The fraction of sp³-hybridized carbons (Fsp3) is 0.556. The van der Waals surface area contributed by atoms with Crippen molar-refractivity contribution in [1.82, 2.24) is 5.32 Å². The molecule has 1 atom stereocenters. The zero-order valence-corrected chi connectivity index (χ0v) is 13.4. The number of nitrogens with one attached hydrogen (secondary N) is 2. The number of amides is 2. The number of hydrogen-bond donors (Lipinski definition) is 3. The molecule has 1 aliphatic carbocycles. The highest BCUT2D eigenvalue weighted by atomic mass is 16.2. The van der Waals surface area contributed by atoms with Crippen LogP contribution >= 0.6 is 0 Å². The third-order valence-corrected chi connectivity index (χ3v) is 5.08. The summed E-state index contributed by atoms with van der Waals surface area (Å²) < 4.78 is 0. The maximum atomic E-state index is 12.0. The molecule has 0 spiro atoms. The molecule has 1 saturated carbocycles. The van der Waals surface area contributed by atoms with Crippen molar-refractivity contribution in [2.75, 3.05) is 11.9 Å². The van der Waals surface area contributed by atoms with Crippen molar-refractivity contribution >= 4 is 17.5 Å². The van der Waals surface area contributed by atoms with E-state index >= 15 is 0 Å². The number of piperidine rings is 1. The minimum Gasteiger partial charge on any atom is -0.382 e. The van der Waals surface area contributed by atoms with Crippen molar-refractivity contribution < 1.29 is 9.59 Å². The van der Waals surface area contributed by atoms with Crippen molar-refractivity contribution in [1.29, 1.82) is 0 Å². The summed E-state index contributed by atoms with van der Waals surface area (Å²) >= 11 is 0. The van der Waals surface area contributed by atoms with Gasteiger partial charge >= 0.3 is 0 Å². The molecule has 1 heterocycles. The van der Waals surface area contributed by atoms with Gasteiger partial charge < -0.3 is 11.1 Å². The number of carbonyl (C=O) groups excluding carboxylic acids is 2. The molecule has 1 aliphatic heterocycles. The summed E-state index contributed by atoms with van der Waals surface area (Å²) in [5, 5.41) is 6.02. The zero-order chi connectivity index (χ0) is 16.2. The Balaban J connectivity index is 1.64. The summed E-state index contributed by atoms with van der Waals surface area (Å²) in [5.41, 5.74) is 7.79. The highest BCUT2D eigenvalue weighted by Gasteiger charge is 2.28. The van der Waals surface area contributed by atoms with E-state index in [1.807, 2.05) is 18.2 Å². The topological polar surface area (TPSA) is 84.2 Å². The maximum Gasteiger partial charge on any atom is 0.234 e. The summed E-state index contributed by atoms with van der Waals surface area (Å²) in [4.78, 5) is 23.3. The Morgan fingerprint density at radius 3 is 2.61 bits per heavy atom. The number of nitrogens with two attached hydrogens (primary N) is 1. The molecule has 1 unspecified atom stereocenters. The highest BCUT2D eigenvalue weighted by Crippen LogP contribution is 2.29. The van der Waals surface area contributed by atoms with Crippen molar-refractivity contribution in [2.45, 2.75) is 50.5 Å². The van der Waals surface area contributed by atoms with Crippen molar-refractivity contribution in [2.24, 2.45) is 11.7 Å². The van der Waals surface area contributed by atoms with Crippen LogP contribution in [0, 0.1) is 5.92 Å². The van der Waals surface area contributed by atoms with Gasteiger partial charge in [-0.2, -0.15) is 0 Å². The molecule has 1 saturated heterocycles. The van der Waals surface area contributed by atoms with Crippen LogP contribution in [0.1, 0.15) is 50.0 Å². The molecular weight excluding hydrogens is 290 g/mol. The third-order valence-electron chi connectivity index (χ3n) is 5.08. The van der Waals surface area contributed by atoms with E-state index in [2.05, 4.69) is 16.7 Å². The first-order valence-corrected chi connectivity index (χ1v) is 8.56. The lowest BCUT2D eigenvalue weighted by Gasteiger charge is -2.29. The minimum atomic E-state index is -0.220. The minimum absolute atomic E-state index is 0.169. The summed E-state index contributed by atoms with van der Waals surface area (Å²) in [6.07, 6.45) is 5.66. The molecule has 0 radical (unpaired) electrons. The van der Waals surface area contributed by atoms with Gasteiger partial charge in [0.2, 0.25) is 11.8 Å². The van der Waals surface area contributed by atoms with E-state index in [9.17, 15) is 9.59 Å². The largest absolute Gasteiger partial charge is 0.382 e. The summed E-state index contributed by atoms with van der Waals surface area (Å²) in [7, 11) is 0. The van der Waals surface area contributed by atoms with Crippen LogP contribution in [0.15, 0.2) is 24.3 Å². The van der Waals surface area contributed by atoms with E-state index in [0.29, 0.717) is 24.8 Å². The fourth-order valence-electron chi connectivity index (χ4n) is 3.63. The van der Waals surface area contributed by atoms with Crippen LogP contribution in [0.4, 0.5) is 5.69 Å². The van der Waals surface area contributed by atoms with E-state index in [4.69, 9.17) is 5.73 Å². The van der Waals surface area contributed by atoms with Crippen LogP contribution in [-0.2, 0) is 9.59 Å². The second-order valence-corrected chi connectivity index (χ2v) is 6.73. The Labute approximate surface area is 137 Å². The number of benzene rings is 1. The van der Waals surface area contributed by atoms with Gasteiger partial charge in [0.25, 0.3) is 0 Å². The number of anilines is 1. The molecule has 5 nitrogen and oxygen atoms in total. The lowest BCUT2D eigenvalue weighted by atomic mass is 9.86. The number of rotatable bonds is 4. The number of imide groups is 1. The second kappa shape index (κ2) is 7.13. The lowest BCUT2D eigenvalue weighted by Crippen LogP contribution is -2.39. The average Bonchev–Trinajstić information content (AvgIpc) is 2.56. The normalized spacial score (nSPS) is 28.3. The van der Waals surface area contributed by atoms with Gasteiger partial charge in [-0.3, -0.25) is 14.9 Å². The summed E-state index contributed by atoms with van der Waals surface area (Å²) in [6.45, 7) is 0.789. The Kier molecular flexibility index (Phi) is 4.96. The van der Waals surface area contributed by atoms with Gasteiger partial charge in [0.1, 0.15) is 0 Å². The predicted octanol–water partition coefficient (Wildman–Crippen LogP) is 2.14. The zero-order valence-electron chi connectivity index (χ0n) is 13.4. The van der Waals surface area contributed by atoms with E-state index in [1.165, 1.54) is 12.8 Å². The first-order chi connectivity index (χ1) is 11.2. The molecule has 23 heavy (non-hydrogen) atoms.